The topological polar surface area (TPSA) is 192 Å². The van der Waals surface area contributed by atoms with Crippen LogP contribution in [0.15, 0.2) is 78.9 Å². The molecule has 0 saturated heterocycles. The molecule has 0 radical (unpaired) electrons. The van der Waals surface area contributed by atoms with Crippen molar-refractivity contribution in [2.75, 3.05) is 13.0 Å². The minimum Gasteiger partial charge on any atom is -0.459 e. The van der Waals surface area contributed by atoms with Crippen molar-refractivity contribution in [3.05, 3.63) is 107 Å². The molecular formula is C45H58BN5O8. The summed E-state index contributed by atoms with van der Waals surface area (Å²) in [6, 6.07) is 19.8. The van der Waals surface area contributed by atoms with Crippen LogP contribution in [0.3, 0.4) is 0 Å². The number of amides is 4. The number of nitrogens with one attached hydrogen (secondary N) is 5. The summed E-state index contributed by atoms with van der Waals surface area (Å²) in [5.41, 5.74) is 4.61. The van der Waals surface area contributed by atoms with E-state index >= 15 is 0 Å². The van der Waals surface area contributed by atoms with Crippen LogP contribution in [-0.2, 0) is 59.3 Å². The van der Waals surface area contributed by atoms with E-state index in [0.717, 1.165) is 76.1 Å². The Hall–Kier alpha value is -5.21. The van der Waals surface area contributed by atoms with Gasteiger partial charge < -0.3 is 10.1 Å². The normalized spacial score (nSPS) is 16.4. The van der Waals surface area contributed by atoms with Crippen LogP contribution < -0.4 is 26.6 Å². The molecule has 0 bridgehead atoms. The molecule has 314 valence electrons. The number of hydrogen-bond donors (Lipinski definition) is 6. The van der Waals surface area contributed by atoms with E-state index in [9.17, 15) is 33.8 Å². The summed E-state index contributed by atoms with van der Waals surface area (Å²) in [7, 11) is 0.720. The van der Waals surface area contributed by atoms with Gasteiger partial charge in [-0.25, -0.2) is 4.79 Å². The molecule has 59 heavy (non-hydrogen) atoms. The Bertz CT molecular complexity index is 1860. The van der Waals surface area contributed by atoms with Gasteiger partial charge in [-0.15, -0.1) is 0 Å². The maximum absolute atomic E-state index is 14.3. The second-order valence-corrected chi connectivity index (χ2v) is 15.5. The molecule has 2 unspecified atom stereocenters. The molecule has 0 heterocycles. The van der Waals surface area contributed by atoms with Crippen molar-refractivity contribution >= 4 is 36.7 Å². The molecule has 6 N–H and O–H groups in total. The van der Waals surface area contributed by atoms with E-state index in [1.54, 1.807) is 30.3 Å². The number of fused-ring (bicyclic) bond motifs is 1. The quantitative estimate of drug-likeness (QED) is 0.0691. The first-order valence-electron chi connectivity index (χ1n) is 21.1. The van der Waals surface area contributed by atoms with Crippen LogP contribution in [0.1, 0.15) is 98.6 Å². The van der Waals surface area contributed by atoms with E-state index < -0.39 is 60.5 Å². The number of hydrogen-bond acceptors (Lipinski definition) is 9. The molecule has 0 aromatic heterocycles. The fourth-order valence-electron chi connectivity index (χ4n) is 8.16. The third-order valence-corrected chi connectivity index (χ3v) is 11.3. The molecule has 2 aliphatic carbocycles. The zero-order valence-corrected chi connectivity index (χ0v) is 34.0. The van der Waals surface area contributed by atoms with Crippen molar-refractivity contribution in [1.82, 2.24) is 26.6 Å². The fraction of sp³-hybridized carbons (Fsp3) is 0.489. The standard InChI is InChI=1S/C45H58BN5O8/c1-2-15-36(41(53)44(56)47-27-38(52)51-40(33-21-10-5-11-22-33)45(57)59-28-30-16-6-3-7-17-30)49-42(54)37(26-34-24-14-23-31-18-12-13-25-35(31)34)50-43(55)39(48-29-46-58)32-19-8-4-9-20-32/h3,5-7,10-11,14,16-17,21-24,32,36-37,39-41,48,53H,2,4,8-9,12-13,15,18-20,25-29H2,1H3,(H,47,56)(H,49,54)(H,50,55)(H,51,52)/t36?,37-,39-,40-,41?/m0/s1. The number of aliphatic hydroxyl groups is 1. The summed E-state index contributed by atoms with van der Waals surface area (Å²) in [6.45, 7) is 1.29. The van der Waals surface area contributed by atoms with Crippen molar-refractivity contribution in [3.8, 4) is 0 Å². The number of benzene rings is 3. The molecule has 0 spiro atoms. The molecule has 4 amide bonds. The van der Waals surface area contributed by atoms with Gasteiger partial charge in [0.05, 0.1) is 6.54 Å². The molecule has 2 aliphatic rings. The first-order chi connectivity index (χ1) is 28.7. The van der Waals surface area contributed by atoms with Gasteiger partial charge >= 0.3 is 232 Å². The number of carbonyl (C=O) groups excluding carboxylic acids is 5. The Labute approximate surface area is 347 Å². The monoisotopic (exact) mass is 807 g/mol. The van der Waals surface area contributed by atoms with Crippen molar-refractivity contribution in [1.29, 1.82) is 0 Å². The second-order valence-electron chi connectivity index (χ2n) is 15.5. The Balaban J connectivity index is 1.26. The average molecular weight is 808 g/mol. The van der Waals surface area contributed by atoms with Gasteiger partial charge in [-0.2, -0.15) is 0 Å². The SMILES string of the molecule is CCCC(NC(=O)[C@H](Cc1cccc2c1CCCC2)NC(=O)[C@@H](NCB=O)C1CCCCC1)C(O)C(=O)NCC(=O)N[C@H](C(=O)OCc1ccccc1)c1ccccc1. The van der Waals surface area contributed by atoms with Gasteiger partial charge in [-0.3, -0.25) is 4.79 Å². The third-order valence-electron chi connectivity index (χ3n) is 11.3. The summed E-state index contributed by atoms with van der Waals surface area (Å²) in [5.74, 6) is -3.21. The molecule has 5 rings (SSSR count). The number of ether oxygens (including phenoxy) is 1. The van der Waals surface area contributed by atoms with Crippen LogP contribution in [0.4, 0.5) is 0 Å². The van der Waals surface area contributed by atoms with Crippen LogP contribution in [0, 0.1) is 5.92 Å². The molecule has 5 atom stereocenters. The molecule has 0 aliphatic heterocycles. The molecular weight excluding hydrogens is 749 g/mol. The molecule has 1 fully saturated rings. The first-order valence-corrected chi connectivity index (χ1v) is 21.1. The number of esters is 1. The number of carbonyl (C=O) groups is 5. The predicted molar refractivity (Wildman–Crippen MR) is 223 cm³/mol. The van der Waals surface area contributed by atoms with E-state index in [4.69, 9.17) is 4.74 Å². The minimum atomic E-state index is -1.74. The van der Waals surface area contributed by atoms with Crippen molar-refractivity contribution < 1.29 is 38.5 Å². The average Bonchev–Trinajstić information content (AvgIpc) is 3.27. The van der Waals surface area contributed by atoms with Crippen molar-refractivity contribution in [2.45, 2.75) is 121 Å². The van der Waals surface area contributed by atoms with Crippen LogP contribution in [0.5, 0.6) is 0 Å². The Morgan fingerprint density at radius 3 is 2.22 bits per heavy atom. The number of aliphatic hydroxyl groups excluding tert-OH is 1. The van der Waals surface area contributed by atoms with E-state index in [-0.39, 0.29) is 37.7 Å². The van der Waals surface area contributed by atoms with Crippen molar-refractivity contribution in [2.24, 2.45) is 5.92 Å². The van der Waals surface area contributed by atoms with E-state index in [1.165, 1.54) is 11.1 Å². The van der Waals surface area contributed by atoms with Crippen LogP contribution in [0.25, 0.3) is 0 Å². The van der Waals surface area contributed by atoms with Crippen LogP contribution in [-0.4, -0.2) is 79.1 Å². The smallest absolute Gasteiger partial charge is 0.459 e. The minimum absolute atomic E-state index is 0.000794. The summed E-state index contributed by atoms with van der Waals surface area (Å²) >= 11 is 0. The van der Waals surface area contributed by atoms with Crippen molar-refractivity contribution in [3.63, 3.8) is 0 Å². The zero-order chi connectivity index (χ0) is 42.0. The molecule has 14 heteroatoms. The predicted octanol–water partition coefficient (Wildman–Crippen LogP) is 3.50. The van der Waals surface area contributed by atoms with Gasteiger partial charge in [0.25, 0.3) is 0 Å². The summed E-state index contributed by atoms with van der Waals surface area (Å²) < 4.78 is 16.9. The molecule has 1 saturated carbocycles. The maximum atomic E-state index is 14.3. The van der Waals surface area contributed by atoms with Gasteiger partial charge in [-0.05, 0) is 11.1 Å². The van der Waals surface area contributed by atoms with Gasteiger partial charge in [0.15, 0.2) is 6.04 Å². The van der Waals surface area contributed by atoms with E-state index in [0.29, 0.717) is 12.0 Å². The number of aryl methyl sites for hydroxylation is 1. The summed E-state index contributed by atoms with van der Waals surface area (Å²) in [6.07, 6.45) is 7.80. The van der Waals surface area contributed by atoms with E-state index in [2.05, 4.69) is 32.7 Å². The van der Waals surface area contributed by atoms with Gasteiger partial charge in [0.2, 0.25) is 5.91 Å². The Morgan fingerprint density at radius 2 is 1.51 bits per heavy atom. The fourth-order valence-corrected chi connectivity index (χ4v) is 8.16. The Kier molecular flexibility index (Phi) is 17.8. The van der Waals surface area contributed by atoms with Gasteiger partial charge in [-0.1, -0.05) is 60.7 Å². The summed E-state index contributed by atoms with van der Waals surface area (Å²) in [5, 5.41) is 25.3. The number of rotatable bonds is 21. The van der Waals surface area contributed by atoms with E-state index in [1.807, 2.05) is 49.4 Å². The summed E-state index contributed by atoms with van der Waals surface area (Å²) in [4.78, 5) is 68.0. The first kappa shape index (κ1) is 44.9. The van der Waals surface area contributed by atoms with Crippen LogP contribution in [0.2, 0.25) is 0 Å². The third kappa shape index (κ3) is 13.4. The molecule has 3 aromatic rings. The zero-order valence-electron chi connectivity index (χ0n) is 34.0. The van der Waals surface area contributed by atoms with Gasteiger partial charge in [0, 0.05) is 0 Å². The second kappa shape index (κ2) is 23.4. The Morgan fingerprint density at radius 1 is 0.797 bits per heavy atom. The van der Waals surface area contributed by atoms with Crippen LogP contribution >= 0.6 is 0 Å². The van der Waals surface area contributed by atoms with Gasteiger partial charge in [0.1, 0.15) is 6.61 Å². The molecule has 13 nitrogen and oxygen atoms in total. The molecule has 3 aromatic carbocycles.